The lowest BCUT2D eigenvalue weighted by Gasteiger charge is -2.25. The molecule has 2 aromatic rings. The minimum Gasteiger partial charge on any atom is -0.494 e. The largest absolute Gasteiger partial charge is 0.494 e. The van der Waals surface area contributed by atoms with Crippen LogP contribution in [0, 0.1) is 0 Å². The number of fused-ring (bicyclic) bond motifs is 1. The number of halogens is 1. The van der Waals surface area contributed by atoms with E-state index in [1.54, 1.807) is 0 Å². The van der Waals surface area contributed by atoms with Crippen molar-refractivity contribution in [2.45, 2.75) is 25.9 Å². The van der Waals surface area contributed by atoms with Gasteiger partial charge in [0.05, 0.1) is 12.6 Å². The number of nitrogens with one attached hydrogen (secondary N) is 2. The molecular formula is C18H21ClN2O2. The van der Waals surface area contributed by atoms with E-state index in [4.69, 9.17) is 4.74 Å². The molecule has 4 nitrogen and oxygen atoms in total. The number of ether oxygens (including phenoxy) is 1. The van der Waals surface area contributed by atoms with E-state index in [9.17, 15) is 4.79 Å². The molecule has 0 radical (unpaired) electrons. The van der Waals surface area contributed by atoms with Gasteiger partial charge in [-0.05, 0) is 48.7 Å². The quantitative estimate of drug-likeness (QED) is 0.904. The standard InChI is InChI=1S/C18H20N2O2.ClH/c1-2-22-16-9-7-15(8-10-16)20-18(21)17-11-13-5-3-4-6-14(13)12-19-17;/h3-10,17,19H,2,11-12H2,1H3,(H,20,21);1H. The molecule has 2 aromatic carbocycles. The maximum Gasteiger partial charge on any atom is 0.241 e. The maximum absolute atomic E-state index is 12.4. The summed E-state index contributed by atoms with van der Waals surface area (Å²) in [5, 5.41) is 6.25. The topological polar surface area (TPSA) is 50.4 Å². The summed E-state index contributed by atoms with van der Waals surface area (Å²) >= 11 is 0. The second-order valence-electron chi connectivity index (χ2n) is 5.35. The molecule has 1 unspecified atom stereocenters. The van der Waals surface area contributed by atoms with Crippen LogP contribution in [-0.4, -0.2) is 18.6 Å². The molecule has 0 aromatic heterocycles. The Morgan fingerprint density at radius 2 is 1.87 bits per heavy atom. The third kappa shape index (κ3) is 4.24. The van der Waals surface area contributed by atoms with Gasteiger partial charge in [-0.15, -0.1) is 12.4 Å². The summed E-state index contributed by atoms with van der Waals surface area (Å²) in [5.41, 5.74) is 3.30. The highest BCUT2D eigenvalue weighted by Crippen LogP contribution is 2.19. The van der Waals surface area contributed by atoms with Gasteiger partial charge in [0, 0.05) is 12.2 Å². The lowest BCUT2D eigenvalue weighted by molar-refractivity contribution is -0.118. The van der Waals surface area contributed by atoms with E-state index in [0.717, 1.165) is 24.4 Å². The molecule has 1 aliphatic rings. The van der Waals surface area contributed by atoms with Crippen LogP contribution < -0.4 is 15.4 Å². The number of carbonyl (C=O) groups is 1. The molecule has 1 amide bonds. The summed E-state index contributed by atoms with van der Waals surface area (Å²) in [4.78, 5) is 12.4. The van der Waals surface area contributed by atoms with Crippen LogP contribution in [0.15, 0.2) is 48.5 Å². The van der Waals surface area contributed by atoms with Crippen molar-refractivity contribution < 1.29 is 9.53 Å². The van der Waals surface area contributed by atoms with Gasteiger partial charge in [0.15, 0.2) is 0 Å². The van der Waals surface area contributed by atoms with Crippen molar-refractivity contribution in [1.82, 2.24) is 5.32 Å². The highest BCUT2D eigenvalue weighted by Gasteiger charge is 2.23. The number of amides is 1. The highest BCUT2D eigenvalue weighted by atomic mass is 35.5. The van der Waals surface area contributed by atoms with Crippen LogP contribution in [0.1, 0.15) is 18.1 Å². The Morgan fingerprint density at radius 3 is 2.57 bits per heavy atom. The molecule has 1 heterocycles. The number of benzene rings is 2. The minimum absolute atomic E-state index is 0. The summed E-state index contributed by atoms with van der Waals surface area (Å²) in [7, 11) is 0. The molecule has 1 atom stereocenters. The van der Waals surface area contributed by atoms with Gasteiger partial charge in [0.1, 0.15) is 5.75 Å². The fourth-order valence-electron chi connectivity index (χ4n) is 2.67. The van der Waals surface area contributed by atoms with E-state index in [2.05, 4.69) is 22.8 Å². The Bertz CT molecular complexity index is 658. The molecule has 23 heavy (non-hydrogen) atoms. The minimum atomic E-state index is -0.193. The Labute approximate surface area is 142 Å². The SMILES string of the molecule is CCOc1ccc(NC(=O)C2Cc3ccccc3CN2)cc1.Cl. The Balaban J connectivity index is 0.00000192. The van der Waals surface area contributed by atoms with Crippen molar-refractivity contribution in [3.63, 3.8) is 0 Å². The maximum atomic E-state index is 12.4. The molecule has 0 spiro atoms. The molecule has 122 valence electrons. The number of carbonyl (C=O) groups excluding carboxylic acids is 1. The molecular weight excluding hydrogens is 312 g/mol. The predicted octanol–water partition coefficient (Wildman–Crippen LogP) is 3.16. The van der Waals surface area contributed by atoms with Crippen molar-refractivity contribution in [1.29, 1.82) is 0 Å². The predicted molar refractivity (Wildman–Crippen MR) is 94.3 cm³/mol. The zero-order valence-corrected chi connectivity index (χ0v) is 13.9. The van der Waals surface area contributed by atoms with E-state index >= 15 is 0 Å². The zero-order valence-electron chi connectivity index (χ0n) is 13.0. The Morgan fingerprint density at radius 1 is 1.17 bits per heavy atom. The van der Waals surface area contributed by atoms with Crippen LogP contribution in [0.4, 0.5) is 5.69 Å². The smallest absolute Gasteiger partial charge is 0.241 e. The number of anilines is 1. The van der Waals surface area contributed by atoms with Crippen LogP contribution in [0.3, 0.4) is 0 Å². The van der Waals surface area contributed by atoms with Crippen LogP contribution >= 0.6 is 12.4 Å². The van der Waals surface area contributed by atoms with Crippen LogP contribution in [0.5, 0.6) is 5.75 Å². The van der Waals surface area contributed by atoms with Gasteiger partial charge in [0.2, 0.25) is 5.91 Å². The second-order valence-corrected chi connectivity index (χ2v) is 5.35. The fourth-order valence-corrected chi connectivity index (χ4v) is 2.67. The summed E-state index contributed by atoms with van der Waals surface area (Å²) in [6.07, 6.45) is 0.721. The lowest BCUT2D eigenvalue weighted by Crippen LogP contribution is -2.44. The summed E-state index contributed by atoms with van der Waals surface area (Å²) in [5.74, 6) is 0.809. The van der Waals surface area contributed by atoms with E-state index in [1.165, 1.54) is 11.1 Å². The first-order chi connectivity index (χ1) is 10.8. The molecule has 0 fully saturated rings. The van der Waals surface area contributed by atoms with Crippen molar-refractivity contribution >= 4 is 24.0 Å². The molecule has 0 aliphatic carbocycles. The Hall–Kier alpha value is -2.04. The van der Waals surface area contributed by atoms with Gasteiger partial charge < -0.3 is 15.4 Å². The second kappa shape index (κ2) is 7.99. The third-order valence-electron chi connectivity index (χ3n) is 3.83. The van der Waals surface area contributed by atoms with Gasteiger partial charge in [-0.2, -0.15) is 0 Å². The van der Waals surface area contributed by atoms with E-state index in [1.807, 2.05) is 43.3 Å². The first kappa shape index (κ1) is 17.3. The average molecular weight is 333 g/mol. The molecule has 0 bridgehead atoms. The molecule has 2 N–H and O–H groups in total. The summed E-state index contributed by atoms with van der Waals surface area (Å²) < 4.78 is 5.40. The van der Waals surface area contributed by atoms with Gasteiger partial charge in [0.25, 0.3) is 0 Å². The Kier molecular flexibility index (Phi) is 6.02. The van der Waals surface area contributed by atoms with Crippen molar-refractivity contribution in [3.8, 4) is 5.75 Å². The average Bonchev–Trinajstić information content (AvgIpc) is 2.56. The van der Waals surface area contributed by atoms with Crippen LogP contribution in [0.2, 0.25) is 0 Å². The molecule has 1 aliphatic heterocycles. The van der Waals surface area contributed by atoms with Crippen molar-refractivity contribution in [2.24, 2.45) is 0 Å². The van der Waals surface area contributed by atoms with Crippen LogP contribution in [-0.2, 0) is 17.8 Å². The molecule has 0 saturated carbocycles. The van der Waals surface area contributed by atoms with Gasteiger partial charge in [-0.1, -0.05) is 24.3 Å². The fraction of sp³-hybridized carbons (Fsp3) is 0.278. The van der Waals surface area contributed by atoms with Gasteiger partial charge in [-0.3, -0.25) is 4.79 Å². The normalized spacial score (nSPS) is 16.0. The monoisotopic (exact) mass is 332 g/mol. The van der Waals surface area contributed by atoms with E-state index < -0.39 is 0 Å². The third-order valence-corrected chi connectivity index (χ3v) is 3.83. The lowest BCUT2D eigenvalue weighted by atomic mass is 9.95. The number of hydrogen-bond acceptors (Lipinski definition) is 3. The van der Waals surface area contributed by atoms with E-state index in [0.29, 0.717) is 6.61 Å². The molecule has 0 saturated heterocycles. The summed E-state index contributed by atoms with van der Waals surface area (Å²) in [6, 6.07) is 15.5. The molecule has 3 rings (SSSR count). The van der Waals surface area contributed by atoms with Crippen LogP contribution in [0.25, 0.3) is 0 Å². The summed E-state index contributed by atoms with van der Waals surface area (Å²) in [6.45, 7) is 3.32. The number of hydrogen-bond donors (Lipinski definition) is 2. The van der Waals surface area contributed by atoms with Crippen molar-refractivity contribution in [2.75, 3.05) is 11.9 Å². The number of rotatable bonds is 4. The highest BCUT2D eigenvalue weighted by molar-refractivity contribution is 5.95. The first-order valence-electron chi connectivity index (χ1n) is 7.60. The van der Waals surface area contributed by atoms with E-state index in [-0.39, 0.29) is 24.4 Å². The molecule has 5 heteroatoms. The first-order valence-corrected chi connectivity index (χ1v) is 7.60. The van der Waals surface area contributed by atoms with Crippen molar-refractivity contribution in [3.05, 3.63) is 59.7 Å². The van der Waals surface area contributed by atoms with Gasteiger partial charge >= 0.3 is 0 Å². The zero-order chi connectivity index (χ0) is 15.4. The van der Waals surface area contributed by atoms with Gasteiger partial charge in [-0.25, -0.2) is 0 Å².